The molecule has 6 heteroatoms. The molecule has 0 saturated carbocycles. The van der Waals surface area contributed by atoms with Crippen molar-refractivity contribution in [2.75, 3.05) is 26.8 Å². The number of benzene rings is 1. The topological polar surface area (TPSA) is 56.6 Å². The molecule has 0 spiro atoms. The third kappa shape index (κ3) is 3.22. The van der Waals surface area contributed by atoms with E-state index in [1.54, 1.807) is 29.0 Å². The average Bonchev–Trinajstić information content (AvgIpc) is 3.20. The Morgan fingerprint density at radius 1 is 1.35 bits per heavy atom. The minimum atomic E-state index is -0.476. The molecule has 1 aliphatic heterocycles. The summed E-state index contributed by atoms with van der Waals surface area (Å²) in [6.45, 7) is 1.55. The second kappa shape index (κ2) is 6.42. The van der Waals surface area contributed by atoms with E-state index in [4.69, 9.17) is 9.47 Å². The van der Waals surface area contributed by atoms with Gasteiger partial charge in [-0.1, -0.05) is 18.2 Å². The monoisotopic (exact) mass is 315 g/mol. The normalized spacial score (nSPS) is 20.7. The van der Waals surface area contributed by atoms with E-state index in [2.05, 4.69) is 4.98 Å². The maximum Gasteiger partial charge on any atom is 0.289 e. The van der Waals surface area contributed by atoms with Crippen LogP contribution in [0.2, 0.25) is 0 Å². The summed E-state index contributed by atoms with van der Waals surface area (Å²) >= 11 is 0. The minimum absolute atomic E-state index is 0.0730. The van der Waals surface area contributed by atoms with Gasteiger partial charge >= 0.3 is 0 Å². The van der Waals surface area contributed by atoms with Gasteiger partial charge in [0.2, 0.25) is 0 Å². The van der Waals surface area contributed by atoms with Crippen LogP contribution in [0.4, 0.5) is 0 Å². The first-order valence-corrected chi connectivity index (χ1v) is 7.63. The third-order valence-electron chi connectivity index (χ3n) is 4.29. The number of carbonyl (C=O) groups excluding carboxylic acids is 1. The Kier molecular flexibility index (Phi) is 4.34. The molecule has 0 unspecified atom stereocenters. The molecular weight excluding hydrogens is 294 g/mol. The van der Waals surface area contributed by atoms with E-state index in [0.717, 1.165) is 12.2 Å². The number of aryl methyl sites for hydroxylation is 1. The number of amides is 1. The Hall–Kier alpha value is -2.34. The van der Waals surface area contributed by atoms with Crippen molar-refractivity contribution in [3.63, 3.8) is 0 Å². The zero-order valence-electron chi connectivity index (χ0n) is 13.4. The summed E-state index contributed by atoms with van der Waals surface area (Å²) in [5.74, 6) is 1.18. The number of ether oxygens (including phenoxy) is 2. The fourth-order valence-corrected chi connectivity index (χ4v) is 2.81. The van der Waals surface area contributed by atoms with Gasteiger partial charge in [0, 0.05) is 33.1 Å². The van der Waals surface area contributed by atoms with Gasteiger partial charge in [0.25, 0.3) is 5.91 Å². The molecule has 6 nitrogen and oxygen atoms in total. The number of likely N-dealkylation sites (tertiary alicyclic amines) is 1. The van der Waals surface area contributed by atoms with E-state index in [-0.39, 0.29) is 5.91 Å². The maximum absolute atomic E-state index is 12.6. The highest BCUT2D eigenvalue weighted by Crippen LogP contribution is 2.27. The van der Waals surface area contributed by atoms with E-state index in [1.807, 2.05) is 37.4 Å². The standard InChI is InChI=1S/C17H21N3O3/c1-19-11-9-18-15(19)16(21)20-10-8-17(12-20,22-2)13-23-14-6-4-3-5-7-14/h3-7,9,11H,8,10,12-13H2,1-2H3/t17-/m1/s1. The van der Waals surface area contributed by atoms with Crippen LogP contribution in [0, 0.1) is 0 Å². The Bertz CT molecular complexity index is 671. The van der Waals surface area contributed by atoms with Crippen LogP contribution in [0.3, 0.4) is 0 Å². The Morgan fingerprint density at radius 2 is 2.13 bits per heavy atom. The van der Waals surface area contributed by atoms with Crippen LogP contribution in [0.5, 0.6) is 5.75 Å². The Balaban J connectivity index is 1.66. The van der Waals surface area contributed by atoms with Crippen LogP contribution in [0.25, 0.3) is 0 Å². The molecule has 2 heterocycles. The molecule has 1 fully saturated rings. The largest absolute Gasteiger partial charge is 0.491 e. The molecule has 0 aliphatic carbocycles. The number of para-hydroxylation sites is 1. The zero-order chi connectivity index (χ0) is 16.3. The average molecular weight is 315 g/mol. The lowest BCUT2D eigenvalue weighted by atomic mass is 10.0. The predicted molar refractivity (Wildman–Crippen MR) is 85.4 cm³/mol. The second-order valence-electron chi connectivity index (χ2n) is 5.83. The maximum atomic E-state index is 12.6. The molecule has 0 bridgehead atoms. The van der Waals surface area contributed by atoms with Crippen molar-refractivity contribution in [3.05, 3.63) is 48.5 Å². The summed E-state index contributed by atoms with van der Waals surface area (Å²) in [7, 11) is 3.49. The molecule has 122 valence electrons. The Labute approximate surface area is 135 Å². The zero-order valence-corrected chi connectivity index (χ0v) is 13.4. The van der Waals surface area contributed by atoms with Crippen molar-refractivity contribution in [3.8, 4) is 5.75 Å². The van der Waals surface area contributed by atoms with E-state index >= 15 is 0 Å². The van der Waals surface area contributed by atoms with E-state index in [1.165, 1.54) is 0 Å². The van der Waals surface area contributed by atoms with Crippen LogP contribution >= 0.6 is 0 Å². The molecule has 1 aliphatic rings. The van der Waals surface area contributed by atoms with Gasteiger partial charge in [-0.2, -0.15) is 0 Å². The van der Waals surface area contributed by atoms with Gasteiger partial charge in [0.15, 0.2) is 5.82 Å². The van der Waals surface area contributed by atoms with E-state index in [9.17, 15) is 4.79 Å². The fourth-order valence-electron chi connectivity index (χ4n) is 2.81. The molecule has 0 radical (unpaired) electrons. The highest BCUT2D eigenvalue weighted by molar-refractivity contribution is 5.91. The molecule has 1 amide bonds. The number of aromatic nitrogens is 2. The van der Waals surface area contributed by atoms with Gasteiger partial charge in [-0.05, 0) is 18.6 Å². The van der Waals surface area contributed by atoms with Crippen LogP contribution in [0.1, 0.15) is 17.0 Å². The molecule has 2 aromatic rings. The summed E-state index contributed by atoms with van der Waals surface area (Å²) < 4.78 is 13.3. The van der Waals surface area contributed by atoms with Crippen LogP contribution in [0.15, 0.2) is 42.7 Å². The first-order chi connectivity index (χ1) is 11.1. The SMILES string of the molecule is CO[C@]1(COc2ccccc2)CCN(C(=O)c2nccn2C)C1. The number of carbonyl (C=O) groups is 1. The van der Waals surface area contributed by atoms with Gasteiger partial charge in [-0.3, -0.25) is 4.79 Å². The molecule has 1 atom stereocenters. The fraction of sp³-hybridized carbons (Fsp3) is 0.412. The van der Waals surface area contributed by atoms with Crippen molar-refractivity contribution in [1.29, 1.82) is 0 Å². The number of nitrogens with zero attached hydrogens (tertiary/aromatic N) is 3. The lowest BCUT2D eigenvalue weighted by molar-refractivity contribution is -0.0343. The van der Waals surface area contributed by atoms with Crippen molar-refractivity contribution < 1.29 is 14.3 Å². The number of methoxy groups -OCH3 is 1. The lowest BCUT2D eigenvalue weighted by Crippen LogP contribution is -2.42. The predicted octanol–water partition coefficient (Wildman–Crippen LogP) is 1.73. The van der Waals surface area contributed by atoms with Crippen molar-refractivity contribution >= 4 is 5.91 Å². The molecule has 23 heavy (non-hydrogen) atoms. The molecule has 3 rings (SSSR count). The first-order valence-electron chi connectivity index (χ1n) is 7.63. The van der Waals surface area contributed by atoms with Crippen LogP contribution < -0.4 is 4.74 Å². The molecule has 1 aromatic heterocycles. The van der Waals surface area contributed by atoms with Crippen molar-refractivity contribution in [1.82, 2.24) is 14.5 Å². The number of hydrogen-bond acceptors (Lipinski definition) is 4. The molecule has 0 N–H and O–H groups in total. The van der Waals surface area contributed by atoms with Crippen molar-refractivity contribution in [2.45, 2.75) is 12.0 Å². The van der Waals surface area contributed by atoms with E-state index in [0.29, 0.717) is 25.5 Å². The highest BCUT2D eigenvalue weighted by Gasteiger charge is 2.42. The van der Waals surface area contributed by atoms with Gasteiger partial charge in [-0.15, -0.1) is 0 Å². The number of rotatable bonds is 5. The summed E-state index contributed by atoms with van der Waals surface area (Å²) in [5, 5.41) is 0. The van der Waals surface area contributed by atoms with Gasteiger partial charge in [-0.25, -0.2) is 4.98 Å². The summed E-state index contributed by atoms with van der Waals surface area (Å²) in [6.07, 6.45) is 4.14. The van der Waals surface area contributed by atoms with Crippen LogP contribution in [-0.4, -0.2) is 52.8 Å². The summed E-state index contributed by atoms with van der Waals surface area (Å²) in [6, 6.07) is 9.63. The quantitative estimate of drug-likeness (QED) is 0.843. The summed E-state index contributed by atoms with van der Waals surface area (Å²) in [4.78, 5) is 18.5. The first kappa shape index (κ1) is 15.6. The number of hydrogen-bond donors (Lipinski definition) is 0. The Morgan fingerprint density at radius 3 is 2.78 bits per heavy atom. The molecule has 1 aromatic carbocycles. The van der Waals surface area contributed by atoms with Crippen molar-refractivity contribution in [2.24, 2.45) is 7.05 Å². The molecular formula is C17H21N3O3. The highest BCUT2D eigenvalue weighted by atomic mass is 16.5. The lowest BCUT2D eigenvalue weighted by Gasteiger charge is -2.27. The van der Waals surface area contributed by atoms with Crippen LogP contribution in [-0.2, 0) is 11.8 Å². The minimum Gasteiger partial charge on any atom is -0.491 e. The van der Waals surface area contributed by atoms with Gasteiger partial charge in [0.1, 0.15) is 18.0 Å². The smallest absolute Gasteiger partial charge is 0.289 e. The number of imidazole rings is 1. The second-order valence-corrected chi connectivity index (χ2v) is 5.83. The summed E-state index contributed by atoms with van der Waals surface area (Å²) in [5.41, 5.74) is -0.476. The van der Waals surface area contributed by atoms with Gasteiger partial charge < -0.3 is 18.9 Å². The third-order valence-corrected chi connectivity index (χ3v) is 4.29. The van der Waals surface area contributed by atoms with E-state index < -0.39 is 5.60 Å². The van der Waals surface area contributed by atoms with Gasteiger partial charge in [0.05, 0.1) is 6.54 Å². The molecule has 1 saturated heterocycles.